The van der Waals surface area contributed by atoms with Gasteiger partial charge in [0.1, 0.15) is 9.77 Å². The normalized spacial score (nSPS) is 13.0. The topological polar surface area (TPSA) is 83.5 Å². The van der Waals surface area contributed by atoms with Gasteiger partial charge < -0.3 is 5.11 Å². The minimum Gasteiger partial charge on any atom is -0.477 e. The summed E-state index contributed by atoms with van der Waals surface area (Å²) in [5, 5.41) is 10.9. The Morgan fingerprint density at radius 3 is 2.71 bits per heavy atom. The van der Waals surface area contributed by atoms with E-state index in [2.05, 4.69) is 4.72 Å². The fourth-order valence-electron chi connectivity index (χ4n) is 1.81. The fraction of sp³-hybridized carbons (Fsp3) is 0.154. The van der Waals surface area contributed by atoms with Crippen molar-refractivity contribution in [1.82, 2.24) is 4.72 Å². The molecule has 21 heavy (non-hydrogen) atoms. The average Bonchev–Trinajstić information content (AvgIpc) is 2.88. The minimum atomic E-state index is -3.92. The SMILES string of the molecule is C[C@@H](NS(=O)(=O)c1ccsc1C(=O)O)c1cccc(Cl)c1. The molecule has 112 valence electrons. The van der Waals surface area contributed by atoms with Crippen molar-refractivity contribution in [2.24, 2.45) is 0 Å². The molecule has 5 nitrogen and oxygen atoms in total. The lowest BCUT2D eigenvalue weighted by Crippen LogP contribution is -2.27. The van der Waals surface area contributed by atoms with Gasteiger partial charge in [0, 0.05) is 11.1 Å². The Labute approximate surface area is 131 Å². The number of nitrogens with one attached hydrogen (secondary N) is 1. The van der Waals surface area contributed by atoms with Crippen LogP contribution in [0.5, 0.6) is 0 Å². The van der Waals surface area contributed by atoms with Gasteiger partial charge in [0.25, 0.3) is 0 Å². The quantitative estimate of drug-likeness (QED) is 0.872. The molecule has 1 heterocycles. The predicted molar refractivity (Wildman–Crippen MR) is 81.5 cm³/mol. The summed E-state index contributed by atoms with van der Waals surface area (Å²) in [6.07, 6.45) is 0. The number of carbonyl (C=O) groups is 1. The number of thiophene rings is 1. The van der Waals surface area contributed by atoms with Crippen molar-refractivity contribution in [3.63, 3.8) is 0 Å². The molecule has 0 saturated carbocycles. The molecule has 0 saturated heterocycles. The molecule has 2 rings (SSSR count). The summed E-state index contributed by atoms with van der Waals surface area (Å²) in [6.45, 7) is 1.66. The molecular weight excluding hydrogens is 334 g/mol. The standard InChI is InChI=1S/C13H12ClNO4S2/c1-8(9-3-2-4-10(14)7-9)15-21(18,19)11-5-6-20-12(11)13(16)17/h2-8,15H,1H3,(H,16,17)/t8-/m1/s1. The molecule has 0 unspecified atom stereocenters. The summed E-state index contributed by atoms with van der Waals surface area (Å²) in [7, 11) is -3.92. The van der Waals surface area contributed by atoms with E-state index in [0.29, 0.717) is 10.6 Å². The average molecular weight is 346 g/mol. The monoisotopic (exact) mass is 345 g/mol. The van der Waals surface area contributed by atoms with Crippen LogP contribution in [0.25, 0.3) is 0 Å². The molecule has 0 spiro atoms. The molecule has 0 aliphatic rings. The minimum absolute atomic E-state index is 0.208. The molecule has 0 aliphatic carbocycles. The fourth-order valence-corrected chi connectivity index (χ4v) is 4.50. The highest BCUT2D eigenvalue weighted by Gasteiger charge is 2.25. The molecule has 2 aromatic rings. The van der Waals surface area contributed by atoms with Gasteiger partial charge in [-0.1, -0.05) is 23.7 Å². The van der Waals surface area contributed by atoms with Gasteiger partial charge >= 0.3 is 5.97 Å². The van der Waals surface area contributed by atoms with Crippen LogP contribution in [0, 0.1) is 0 Å². The maximum Gasteiger partial charge on any atom is 0.347 e. The van der Waals surface area contributed by atoms with E-state index in [4.69, 9.17) is 16.7 Å². The zero-order valence-corrected chi connectivity index (χ0v) is 13.3. The smallest absolute Gasteiger partial charge is 0.347 e. The highest BCUT2D eigenvalue weighted by molar-refractivity contribution is 7.89. The van der Waals surface area contributed by atoms with E-state index in [1.165, 1.54) is 11.4 Å². The Morgan fingerprint density at radius 2 is 2.10 bits per heavy atom. The Balaban J connectivity index is 2.29. The number of aromatic carboxylic acids is 1. The number of benzene rings is 1. The zero-order chi connectivity index (χ0) is 15.6. The largest absolute Gasteiger partial charge is 0.477 e. The Morgan fingerprint density at radius 1 is 1.38 bits per heavy atom. The van der Waals surface area contributed by atoms with E-state index in [9.17, 15) is 13.2 Å². The van der Waals surface area contributed by atoms with Gasteiger partial charge in [-0.2, -0.15) is 0 Å². The number of hydrogen-bond donors (Lipinski definition) is 2. The molecule has 1 atom stereocenters. The molecule has 0 aliphatic heterocycles. The second kappa shape index (κ2) is 6.15. The predicted octanol–water partition coefficient (Wildman–Crippen LogP) is 3.14. The third-order valence-corrected chi connectivity index (χ3v) is 5.64. The summed E-state index contributed by atoms with van der Waals surface area (Å²) in [4.78, 5) is 10.6. The van der Waals surface area contributed by atoms with Crippen LogP contribution in [0.2, 0.25) is 5.02 Å². The van der Waals surface area contributed by atoms with Crippen molar-refractivity contribution in [1.29, 1.82) is 0 Å². The number of rotatable bonds is 5. The van der Waals surface area contributed by atoms with Crippen LogP contribution in [-0.2, 0) is 10.0 Å². The number of carboxylic acids is 1. The lowest BCUT2D eigenvalue weighted by molar-refractivity contribution is 0.0698. The van der Waals surface area contributed by atoms with E-state index in [1.54, 1.807) is 31.2 Å². The first-order chi connectivity index (χ1) is 9.81. The number of sulfonamides is 1. The van der Waals surface area contributed by atoms with Crippen LogP contribution in [0.3, 0.4) is 0 Å². The van der Waals surface area contributed by atoms with Gasteiger partial charge in [-0.3, -0.25) is 0 Å². The van der Waals surface area contributed by atoms with Crippen molar-refractivity contribution in [3.8, 4) is 0 Å². The second-order valence-electron chi connectivity index (χ2n) is 4.32. The van der Waals surface area contributed by atoms with Crippen molar-refractivity contribution >= 4 is 38.9 Å². The van der Waals surface area contributed by atoms with Crippen molar-refractivity contribution in [2.75, 3.05) is 0 Å². The van der Waals surface area contributed by atoms with E-state index in [-0.39, 0.29) is 9.77 Å². The molecular formula is C13H12ClNO4S2. The van der Waals surface area contributed by atoms with Crippen LogP contribution in [0.15, 0.2) is 40.6 Å². The first kappa shape index (κ1) is 16.0. The molecule has 0 radical (unpaired) electrons. The highest BCUT2D eigenvalue weighted by Crippen LogP contribution is 2.24. The van der Waals surface area contributed by atoms with Crippen LogP contribution in [0.4, 0.5) is 0 Å². The van der Waals surface area contributed by atoms with E-state index < -0.39 is 22.0 Å². The van der Waals surface area contributed by atoms with Crippen LogP contribution < -0.4 is 4.72 Å². The van der Waals surface area contributed by atoms with Crippen molar-refractivity contribution in [3.05, 3.63) is 51.2 Å². The van der Waals surface area contributed by atoms with Crippen LogP contribution in [-0.4, -0.2) is 19.5 Å². The molecule has 1 aromatic heterocycles. The van der Waals surface area contributed by atoms with Gasteiger partial charge in [0.15, 0.2) is 0 Å². The highest BCUT2D eigenvalue weighted by atomic mass is 35.5. The van der Waals surface area contributed by atoms with E-state index >= 15 is 0 Å². The van der Waals surface area contributed by atoms with Gasteiger partial charge in [-0.25, -0.2) is 17.9 Å². The lowest BCUT2D eigenvalue weighted by atomic mass is 10.1. The van der Waals surface area contributed by atoms with E-state index in [0.717, 1.165) is 11.3 Å². The second-order valence-corrected chi connectivity index (χ2v) is 7.35. The first-order valence-electron chi connectivity index (χ1n) is 5.90. The third kappa shape index (κ3) is 3.62. The Kier molecular flexibility index (Phi) is 4.67. The van der Waals surface area contributed by atoms with Gasteiger partial charge in [-0.15, -0.1) is 11.3 Å². The van der Waals surface area contributed by atoms with Gasteiger partial charge in [0.05, 0.1) is 0 Å². The third-order valence-electron chi connectivity index (χ3n) is 2.79. The summed E-state index contributed by atoms with van der Waals surface area (Å²) in [5.41, 5.74) is 0.693. The maximum absolute atomic E-state index is 12.3. The molecule has 2 N–H and O–H groups in total. The van der Waals surface area contributed by atoms with Gasteiger partial charge in [-0.05, 0) is 36.1 Å². The van der Waals surface area contributed by atoms with Gasteiger partial charge in [0.2, 0.25) is 10.0 Å². The molecule has 0 fully saturated rings. The summed E-state index contributed by atoms with van der Waals surface area (Å²) >= 11 is 6.74. The molecule has 0 amide bonds. The van der Waals surface area contributed by atoms with Crippen molar-refractivity contribution in [2.45, 2.75) is 17.9 Å². The summed E-state index contributed by atoms with van der Waals surface area (Å²) in [5.74, 6) is -1.26. The van der Waals surface area contributed by atoms with Crippen LogP contribution >= 0.6 is 22.9 Å². The zero-order valence-electron chi connectivity index (χ0n) is 10.9. The Hall–Kier alpha value is -1.41. The summed E-state index contributed by atoms with van der Waals surface area (Å²) < 4.78 is 27.0. The Bertz CT molecular complexity index is 770. The maximum atomic E-state index is 12.3. The summed E-state index contributed by atoms with van der Waals surface area (Å²) in [6, 6.07) is 7.55. The molecule has 8 heteroatoms. The van der Waals surface area contributed by atoms with Crippen molar-refractivity contribution < 1.29 is 18.3 Å². The number of hydrogen-bond acceptors (Lipinski definition) is 4. The molecule has 0 bridgehead atoms. The van der Waals surface area contributed by atoms with E-state index in [1.807, 2.05) is 0 Å². The lowest BCUT2D eigenvalue weighted by Gasteiger charge is -2.14. The first-order valence-corrected chi connectivity index (χ1v) is 8.64. The van der Waals surface area contributed by atoms with Crippen LogP contribution in [0.1, 0.15) is 28.2 Å². The molecule has 1 aromatic carbocycles. The number of halogens is 1. The number of carboxylic acid groups (broad SMARTS) is 1.